The highest BCUT2D eigenvalue weighted by Gasteiger charge is 2.24. The number of hydrogen-bond acceptors (Lipinski definition) is 4. The van der Waals surface area contributed by atoms with E-state index in [0.29, 0.717) is 17.1 Å². The maximum absolute atomic E-state index is 12.7. The van der Waals surface area contributed by atoms with Crippen LogP contribution in [-0.2, 0) is 16.4 Å². The predicted molar refractivity (Wildman–Crippen MR) is 76.7 cm³/mol. The zero-order valence-corrected chi connectivity index (χ0v) is 12.9. The molecule has 0 spiro atoms. The maximum atomic E-state index is 12.7. The summed E-state index contributed by atoms with van der Waals surface area (Å²) >= 11 is 0. The normalized spacial score (nSPS) is 11.6. The minimum absolute atomic E-state index is 0.144. The van der Waals surface area contributed by atoms with Crippen LogP contribution in [0.1, 0.15) is 23.9 Å². The molecule has 0 unspecified atom stereocenters. The van der Waals surface area contributed by atoms with Crippen LogP contribution in [0, 0.1) is 13.8 Å². The quantitative estimate of drug-likeness (QED) is 0.868. The summed E-state index contributed by atoms with van der Waals surface area (Å²) in [5.74, 6) is 0.328. The zero-order chi connectivity index (χ0) is 14.9. The van der Waals surface area contributed by atoms with Gasteiger partial charge in [0.1, 0.15) is 10.6 Å². The number of benzene rings is 1. The van der Waals surface area contributed by atoms with Crippen LogP contribution in [0.4, 0.5) is 0 Å². The predicted octanol–water partition coefficient (Wildman–Crippen LogP) is 2.31. The fourth-order valence-corrected chi connectivity index (χ4v) is 3.65. The number of aromatic nitrogens is 2. The Hall–Kier alpha value is -1.82. The van der Waals surface area contributed by atoms with Gasteiger partial charge in [0.15, 0.2) is 0 Å². The lowest BCUT2D eigenvalue weighted by Gasteiger charge is -2.12. The second-order valence-electron chi connectivity index (χ2n) is 4.61. The van der Waals surface area contributed by atoms with Crippen LogP contribution in [0.2, 0.25) is 0 Å². The van der Waals surface area contributed by atoms with Crippen molar-refractivity contribution in [3.63, 3.8) is 0 Å². The summed E-state index contributed by atoms with van der Waals surface area (Å²) in [6, 6.07) is 6.91. The van der Waals surface area contributed by atoms with Gasteiger partial charge < -0.3 is 4.74 Å². The Morgan fingerprint density at radius 3 is 2.45 bits per heavy atom. The summed E-state index contributed by atoms with van der Waals surface area (Å²) in [7, 11) is -2.28. The van der Waals surface area contributed by atoms with E-state index in [0.717, 1.165) is 16.1 Å². The van der Waals surface area contributed by atoms with Crippen LogP contribution in [-0.4, -0.2) is 24.7 Å². The largest absolute Gasteiger partial charge is 0.495 e. The van der Waals surface area contributed by atoms with Crippen LogP contribution in [0.5, 0.6) is 5.75 Å². The third-order valence-corrected chi connectivity index (χ3v) is 4.81. The molecule has 0 N–H and O–H groups in total. The monoisotopic (exact) mass is 294 g/mol. The number of methoxy groups -OCH3 is 1. The molecule has 6 heteroatoms. The van der Waals surface area contributed by atoms with Gasteiger partial charge in [0.25, 0.3) is 10.0 Å². The van der Waals surface area contributed by atoms with Gasteiger partial charge in [0.2, 0.25) is 0 Å². The Labute approximate surface area is 119 Å². The van der Waals surface area contributed by atoms with E-state index in [-0.39, 0.29) is 4.90 Å². The second kappa shape index (κ2) is 5.28. The van der Waals surface area contributed by atoms with Gasteiger partial charge >= 0.3 is 0 Å². The molecule has 0 aliphatic rings. The molecule has 1 heterocycles. The molecule has 0 saturated carbocycles. The van der Waals surface area contributed by atoms with Crippen molar-refractivity contribution in [2.45, 2.75) is 32.1 Å². The van der Waals surface area contributed by atoms with Crippen molar-refractivity contribution in [2.75, 3.05) is 7.11 Å². The van der Waals surface area contributed by atoms with E-state index in [2.05, 4.69) is 5.10 Å². The minimum Gasteiger partial charge on any atom is -0.495 e. The molecule has 1 aromatic heterocycles. The minimum atomic E-state index is -3.74. The number of ether oxygens (including phenoxy) is 1. The molecule has 0 saturated heterocycles. The van der Waals surface area contributed by atoms with Crippen molar-refractivity contribution in [3.05, 3.63) is 41.2 Å². The van der Waals surface area contributed by atoms with Crippen LogP contribution < -0.4 is 4.74 Å². The Morgan fingerprint density at radius 2 is 1.95 bits per heavy atom. The number of rotatable bonds is 4. The van der Waals surface area contributed by atoms with Gasteiger partial charge in [-0.25, -0.2) is 0 Å². The van der Waals surface area contributed by atoms with Gasteiger partial charge in [-0.3, -0.25) is 0 Å². The molecule has 2 rings (SSSR count). The summed E-state index contributed by atoms with van der Waals surface area (Å²) in [6.07, 6.45) is 0.754. The molecule has 108 valence electrons. The van der Waals surface area contributed by atoms with Crippen molar-refractivity contribution in [3.8, 4) is 5.75 Å². The van der Waals surface area contributed by atoms with E-state index in [4.69, 9.17) is 4.74 Å². The number of hydrogen-bond donors (Lipinski definition) is 0. The molecule has 2 aromatic rings. The van der Waals surface area contributed by atoms with Gasteiger partial charge in [-0.1, -0.05) is 13.0 Å². The fraction of sp³-hybridized carbons (Fsp3) is 0.357. The number of nitrogens with zero attached hydrogens (tertiary/aromatic N) is 2. The van der Waals surface area contributed by atoms with Crippen LogP contribution >= 0.6 is 0 Å². The molecular formula is C14H18N2O3S. The molecule has 0 aliphatic carbocycles. The molecule has 0 radical (unpaired) electrons. The summed E-state index contributed by atoms with van der Waals surface area (Å²) in [4.78, 5) is 0.144. The molecule has 20 heavy (non-hydrogen) atoms. The average molecular weight is 294 g/mol. The summed E-state index contributed by atoms with van der Waals surface area (Å²) in [6.45, 7) is 5.45. The lowest BCUT2D eigenvalue weighted by molar-refractivity contribution is 0.402. The first-order valence-corrected chi connectivity index (χ1v) is 7.80. The van der Waals surface area contributed by atoms with Gasteiger partial charge in [0.05, 0.1) is 18.5 Å². The highest BCUT2D eigenvalue weighted by molar-refractivity contribution is 7.90. The van der Waals surface area contributed by atoms with Crippen molar-refractivity contribution in [1.82, 2.24) is 9.19 Å². The molecule has 0 bridgehead atoms. The summed E-state index contributed by atoms with van der Waals surface area (Å²) in [5, 5.41) is 4.06. The molecule has 0 amide bonds. The Bertz CT molecular complexity index is 733. The molecular weight excluding hydrogens is 276 g/mol. The highest BCUT2D eigenvalue weighted by Crippen LogP contribution is 2.27. The van der Waals surface area contributed by atoms with Gasteiger partial charge in [-0.15, -0.1) is 0 Å². The van der Waals surface area contributed by atoms with Crippen molar-refractivity contribution in [2.24, 2.45) is 0 Å². The van der Waals surface area contributed by atoms with E-state index in [9.17, 15) is 8.42 Å². The van der Waals surface area contributed by atoms with Crippen molar-refractivity contribution >= 4 is 10.0 Å². The SMILES string of the molecule is CCc1ccc(OC)c(S(=O)(=O)n2nc(C)cc2C)c1. The molecule has 5 nitrogen and oxygen atoms in total. The molecule has 1 aromatic carbocycles. The van der Waals surface area contributed by atoms with E-state index in [1.807, 2.05) is 13.0 Å². The lowest BCUT2D eigenvalue weighted by Crippen LogP contribution is -2.17. The first-order valence-electron chi connectivity index (χ1n) is 6.36. The zero-order valence-electron chi connectivity index (χ0n) is 12.0. The third-order valence-electron chi connectivity index (χ3n) is 3.11. The maximum Gasteiger partial charge on any atom is 0.286 e. The van der Waals surface area contributed by atoms with Gasteiger partial charge in [0, 0.05) is 0 Å². The Balaban J connectivity index is 2.68. The van der Waals surface area contributed by atoms with E-state index >= 15 is 0 Å². The van der Waals surface area contributed by atoms with Gasteiger partial charge in [-0.05, 0) is 44.0 Å². The highest BCUT2D eigenvalue weighted by atomic mass is 32.2. The van der Waals surface area contributed by atoms with Crippen molar-refractivity contribution in [1.29, 1.82) is 0 Å². The topological polar surface area (TPSA) is 61.2 Å². The standard InChI is InChI=1S/C14H18N2O3S/c1-5-12-6-7-13(19-4)14(9-12)20(17,18)16-11(3)8-10(2)15-16/h6-9H,5H2,1-4H3. The molecule has 0 aliphatic heterocycles. The average Bonchev–Trinajstić information content (AvgIpc) is 2.77. The summed E-state index contributed by atoms with van der Waals surface area (Å²) < 4.78 is 31.7. The van der Waals surface area contributed by atoms with Crippen LogP contribution in [0.15, 0.2) is 29.2 Å². The molecule has 0 atom stereocenters. The summed E-state index contributed by atoms with van der Waals surface area (Å²) in [5.41, 5.74) is 2.18. The van der Waals surface area contributed by atoms with Crippen LogP contribution in [0.25, 0.3) is 0 Å². The number of aryl methyl sites for hydroxylation is 3. The fourth-order valence-electron chi connectivity index (χ4n) is 2.09. The van der Waals surface area contributed by atoms with Crippen LogP contribution in [0.3, 0.4) is 0 Å². The Kier molecular flexibility index (Phi) is 3.85. The molecule has 0 fully saturated rings. The van der Waals surface area contributed by atoms with Crippen molar-refractivity contribution < 1.29 is 13.2 Å². The first-order chi connectivity index (χ1) is 9.40. The second-order valence-corrected chi connectivity index (χ2v) is 6.35. The third kappa shape index (κ3) is 2.43. The van der Waals surface area contributed by atoms with E-state index in [1.54, 1.807) is 32.0 Å². The Morgan fingerprint density at radius 1 is 1.25 bits per heavy atom. The lowest BCUT2D eigenvalue weighted by atomic mass is 10.2. The first kappa shape index (κ1) is 14.6. The van der Waals surface area contributed by atoms with Gasteiger partial charge in [-0.2, -0.15) is 17.6 Å². The smallest absolute Gasteiger partial charge is 0.286 e. The van der Waals surface area contributed by atoms with E-state index < -0.39 is 10.0 Å². The van der Waals surface area contributed by atoms with E-state index in [1.165, 1.54) is 7.11 Å².